The maximum Gasteiger partial charge on any atom is 0.244 e. The van der Waals surface area contributed by atoms with Crippen LogP contribution < -0.4 is 10.7 Å². The average Bonchev–Trinajstić information content (AvgIpc) is 2.55. The number of rotatable bonds is 3. The summed E-state index contributed by atoms with van der Waals surface area (Å²) in [4.78, 5) is 24.4. The Balaban J connectivity index is 1.90. The van der Waals surface area contributed by atoms with Gasteiger partial charge in [-0.2, -0.15) is 0 Å². The Bertz CT molecular complexity index is 992. The molecule has 2 aromatic carbocycles. The van der Waals surface area contributed by atoms with Gasteiger partial charge in [-0.3, -0.25) is 9.59 Å². The molecule has 1 N–H and O–H groups in total. The molecule has 0 saturated heterocycles. The van der Waals surface area contributed by atoms with E-state index in [1.807, 2.05) is 38.1 Å². The third-order valence-corrected chi connectivity index (χ3v) is 4.40. The van der Waals surface area contributed by atoms with E-state index in [1.54, 1.807) is 22.9 Å². The van der Waals surface area contributed by atoms with Crippen LogP contribution in [-0.4, -0.2) is 10.5 Å². The van der Waals surface area contributed by atoms with Gasteiger partial charge < -0.3 is 9.88 Å². The number of aryl methyl sites for hydroxylation is 1. The van der Waals surface area contributed by atoms with Crippen LogP contribution >= 0.6 is 11.6 Å². The number of nitrogens with zero attached hydrogens (tertiary/aromatic N) is 1. The van der Waals surface area contributed by atoms with Gasteiger partial charge in [0.2, 0.25) is 5.91 Å². The van der Waals surface area contributed by atoms with Crippen LogP contribution in [-0.2, 0) is 11.3 Å². The highest BCUT2D eigenvalue weighted by Gasteiger charge is 2.09. The number of carbonyl (C=O) groups is 1. The zero-order valence-corrected chi connectivity index (χ0v) is 14.2. The van der Waals surface area contributed by atoms with Crippen LogP contribution in [0.4, 0.5) is 5.69 Å². The monoisotopic (exact) mass is 340 g/mol. The van der Waals surface area contributed by atoms with Gasteiger partial charge in [-0.15, -0.1) is 0 Å². The lowest BCUT2D eigenvalue weighted by atomic mass is 10.1. The van der Waals surface area contributed by atoms with Gasteiger partial charge in [0.05, 0.1) is 5.52 Å². The van der Waals surface area contributed by atoms with Crippen molar-refractivity contribution in [3.05, 3.63) is 75.0 Å². The highest BCUT2D eigenvalue weighted by Crippen LogP contribution is 2.23. The largest absolute Gasteiger partial charge is 0.338 e. The topological polar surface area (TPSA) is 51.1 Å². The number of carbonyl (C=O) groups excluding carboxylic acids is 1. The van der Waals surface area contributed by atoms with Crippen molar-refractivity contribution in [1.29, 1.82) is 0 Å². The van der Waals surface area contributed by atoms with Gasteiger partial charge in [-0.25, -0.2) is 0 Å². The first-order valence-electron chi connectivity index (χ1n) is 7.60. The van der Waals surface area contributed by atoms with E-state index < -0.39 is 0 Å². The Hall–Kier alpha value is -2.59. The van der Waals surface area contributed by atoms with E-state index >= 15 is 0 Å². The molecule has 122 valence electrons. The number of nitrogens with one attached hydrogen (secondary N) is 1. The molecule has 1 aromatic heterocycles. The first-order chi connectivity index (χ1) is 11.5. The molecule has 1 heterocycles. The van der Waals surface area contributed by atoms with Crippen LogP contribution in [0.5, 0.6) is 0 Å². The molecule has 3 aromatic rings. The molecule has 0 atom stereocenters. The van der Waals surface area contributed by atoms with Crippen molar-refractivity contribution in [3.63, 3.8) is 0 Å². The minimum Gasteiger partial charge on any atom is -0.338 e. The molecule has 0 aliphatic rings. The molecule has 0 unspecified atom stereocenters. The molecule has 0 fully saturated rings. The second-order valence-corrected chi connectivity index (χ2v) is 6.20. The molecular weight excluding hydrogens is 324 g/mol. The lowest BCUT2D eigenvalue weighted by Crippen LogP contribution is -2.20. The van der Waals surface area contributed by atoms with Gasteiger partial charge in [0.15, 0.2) is 5.43 Å². The quantitative estimate of drug-likeness (QED) is 0.786. The van der Waals surface area contributed by atoms with Crippen molar-refractivity contribution in [3.8, 4) is 0 Å². The molecule has 1 amide bonds. The number of amides is 1. The molecule has 0 spiro atoms. The molecule has 0 radical (unpaired) electrons. The van der Waals surface area contributed by atoms with Crippen molar-refractivity contribution < 1.29 is 4.79 Å². The van der Waals surface area contributed by atoms with Crippen LogP contribution in [0.15, 0.2) is 53.5 Å². The molecule has 24 heavy (non-hydrogen) atoms. The van der Waals surface area contributed by atoms with Crippen LogP contribution in [0.25, 0.3) is 10.9 Å². The third-order valence-electron chi connectivity index (χ3n) is 3.99. The molecule has 0 bridgehead atoms. The van der Waals surface area contributed by atoms with Gasteiger partial charge >= 0.3 is 0 Å². The smallest absolute Gasteiger partial charge is 0.244 e. The Morgan fingerprint density at radius 2 is 1.96 bits per heavy atom. The number of halogens is 1. The number of aromatic nitrogens is 1. The molecule has 5 heteroatoms. The van der Waals surface area contributed by atoms with E-state index in [1.165, 1.54) is 6.07 Å². The summed E-state index contributed by atoms with van der Waals surface area (Å²) in [6, 6.07) is 12.5. The van der Waals surface area contributed by atoms with Crippen molar-refractivity contribution in [2.45, 2.75) is 20.4 Å². The summed E-state index contributed by atoms with van der Waals surface area (Å²) in [6.07, 6.45) is 1.64. The predicted molar refractivity (Wildman–Crippen MR) is 97.8 cm³/mol. The summed E-state index contributed by atoms with van der Waals surface area (Å²) in [5.41, 5.74) is 3.22. The Morgan fingerprint density at radius 3 is 2.75 bits per heavy atom. The van der Waals surface area contributed by atoms with Crippen molar-refractivity contribution in [2.24, 2.45) is 0 Å². The minimum absolute atomic E-state index is 0.0453. The van der Waals surface area contributed by atoms with E-state index in [2.05, 4.69) is 5.32 Å². The van der Waals surface area contributed by atoms with Crippen LogP contribution in [0.2, 0.25) is 5.02 Å². The van der Waals surface area contributed by atoms with Gasteiger partial charge in [0.25, 0.3) is 0 Å². The molecule has 0 aliphatic heterocycles. The van der Waals surface area contributed by atoms with E-state index in [-0.39, 0.29) is 17.9 Å². The lowest BCUT2D eigenvalue weighted by Gasteiger charge is -2.13. The summed E-state index contributed by atoms with van der Waals surface area (Å²) in [5, 5.41) is 4.09. The summed E-state index contributed by atoms with van der Waals surface area (Å²) >= 11 is 6.08. The van der Waals surface area contributed by atoms with Gasteiger partial charge in [0.1, 0.15) is 6.54 Å². The second kappa shape index (κ2) is 6.49. The fraction of sp³-hybridized carbons (Fsp3) is 0.158. The first-order valence-corrected chi connectivity index (χ1v) is 7.98. The minimum atomic E-state index is -0.175. The number of pyridine rings is 1. The SMILES string of the molecule is Cc1ccc2c(c1)c(=O)ccn2CC(=O)Nc1cccc(Cl)c1C. The number of fused-ring (bicyclic) bond motifs is 1. The molecular formula is C19H17ClN2O2. The fourth-order valence-corrected chi connectivity index (χ4v) is 2.83. The number of anilines is 1. The Morgan fingerprint density at radius 1 is 1.17 bits per heavy atom. The molecule has 0 aliphatic carbocycles. The van der Waals surface area contributed by atoms with Crippen molar-refractivity contribution >= 4 is 34.1 Å². The normalized spacial score (nSPS) is 10.8. The van der Waals surface area contributed by atoms with E-state index in [0.717, 1.165) is 16.6 Å². The molecule has 3 rings (SSSR count). The highest BCUT2D eigenvalue weighted by atomic mass is 35.5. The predicted octanol–water partition coefficient (Wildman–Crippen LogP) is 3.91. The van der Waals surface area contributed by atoms with Gasteiger partial charge in [-0.05, 0) is 43.7 Å². The number of hydrogen-bond donors (Lipinski definition) is 1. The Labute approximate surface area is 144 Å². The first kappa shape index (κ1) is 16.3. The maximum absolute atomic E-state index is 12.4. The van der Waals surface area contributed by atoms with E-state index in [9.17, 15) is 9.59 Å². The van der Waals surface area contributed by atoms with Crippen LogP contribution in [0, 0.1) is 13.8 Å². The molecule has 4 nitrogen and oxygen atoms in total. The zero-order chi connectivity index (χ0) is 17.3. The van der Waals surface area contributed by atoms with Gasteiger partial charge in [-0.1, -0.05) is 29.3 Å². The highest BCUT2D eigenvalue weighted by molar-refractivity contribution is 6.31. The average molecular weight is 341 g/mol. The van der Waals surface area contributed by atoms with Gasteiger partial charge in [0, 0.05) is 28.4 Å². The second-order valence-electron chi connectivity index (χ2n) is 5.79. The van der Waals surface area contributed by atoms with Crippen LogP contribution in [0.3, 0.4) is 0 Å². The number of hydrogen-bond acceptors (Lipinski definition) is 2. The van der Waals surface area contributed by atoms with Crippen LogP contribution in [0.1, 0.15) is 11.1 Å². The number of benzene rings is 2. The summed E-state index contributed by atoms with van der Waals surface area (Å²) in [5.74, 6) is -0.175. The fourth-order valence-electron chi connectivity index (χ4n) is 2.65. The van der Waals surface area contributed by atoms with E-state index in [0.29, 0.717) is 16.1 Å². The molecule has 0 saturated carbocycles. The summed E-state index contributed by atoms with van der Waals surface area (Å²) < 4.78 is 1.77. The van der Waals surface area contributed by atoms with Crippen molar-refractivity contribution in [2.75, 3.05) is 5.32 Å². The Kier molecular flexibility index (Phi) is 4.40. The van der Waals surface area contributed by atoms with E-state index in [4.69, 9.17) is 11.6 Å². The third kappa shape index (κ3) is 3.19. The summed E-state index contributed by atoms with van der Waals surface area (Å²) in [6.45, 7) is 3.91. The summed E-state index contributed by atoms with van der Waals surface area (Å²) in [7, 11) is 0. The standard InChI is InChI=1S/C19H17ClN2O2/c1-12-6-7-17-14(10-12)18(23)8-9-22(17)11-19(24)21-16-5-3-4-15(20)13(16)2/h3-10H,11H2,1-2H3,(H,21,24). The lowest BCUT2D eigenvalue weighted by molar-refractivity contribution is -0.116. The maximum atomic E-state index is 12.4. The van der Waals surface area contributed by atoms with Crippen molar-refractivity contribution in [1.82, 2.24) is 4.57 Å². The zero-order valence-electron chi connectivity index (χ0n) is 13.5.